The first-order valence-corrected chi connectivity index (χ1v) is 5.33. The number of esters is 1. The van der Waals surface area contributed by atoms with Gasteiger partial charge in [-0.25, -0.2) is 0 Å². The van der Waals surface area contributed by atoms with Crippen LogP contribution in [-0.4, -0.2) is 13.1 Å². The fourth-order valence-electron chi connectivity index (χ4n) is 1.20. The van der Waals surface area contributed by atoms with E-state index < -0.39 is 5.41 Å². The van der Waals surface area contributed by atoms with E-state index in [4.69, 9.17) is 4.74 Å². The molecular formula is C15H16O2. The Bertz CT molecular complexity index is 473. The van der Waals surface area contributed by atoms with Gasteiger partial charge in [-0.05, 0) is 26.0 Å². The Balaban J connectivity index is 2.87. The van der Waals surface area contributed by atoms with Gasteiger partial charge in [0.25, 0.3) is 0 Å². The molecule has 0 aliphatic heterocycles. The average molecular weight is 228 g/mol. The van der Waals surface area contributed by atoms with Gasteiger partial charge in [-0.15, -0.1) is 0 Å². The molecule has 88 valence electrons. The van der Waals surface area contributed by atoms with Crippen molar-refractivity contribution in [1.29, 1.82) is 0 Å². The predicted octanol–water partition coefficient (Wildman–Crippen LogP) is 2.79. The lowest BCUT2D eigenvalue weighted by Gasteiger charge is -2.20. The maximum Gasteiger partial charge on any atom is 0.316 e. The highest BCUT2D eigenvalue weighted by Crippen LogP contribution is 2.25. The molecule has 0 amide bonds. The monoisotopic (exact) mass is 228 g/mol. The third-order valence-corrected chi connectivity index (χ3v) is 2.58. The summed E-state index contributed by atoms with van der Waals surface area (Å²) in [6, 6.07) is 9.58. The third kappa shape index (κ3) is 3.22. The van der Waals surface area contributed by atoms with E-state index in [1.807, 2.05) is 30.3 Å². The first kappa shape index (κ1) is 13.1. The zero-order valence-electron chi connectivity index (χ0n) is 10.4. The smallest absolute Gasteiger partial charge is 0.316 e. The van der Waals surface area contributed by atoms with Gasteiger partial charge in [0.15, 0.2) is 0 Å². The van der Waals surface area contributed by atoms with E-state index in [0.717, 1.165) is 5.56 Å². The molecule has 1 rings (SSSR count). The van der Waals surface area contributed by atoms with E-state index in [0.29, 0.717) is 5.57 Å². The highest BCUT2D eigenvalue weighted by Gasteiger charge is 2.31. The van der Waals surface area contributed by atoms with Crippen molar-refractivity contribution >= 4 is 5.97 Å². The van der Waals surface area contributed by atoms with Crippen LogP contribution in [-0.2, 0) is 9.53 Å². The highest BCUT2D eigenvalue weighted by molar-refractivity contribution is 5.81. The quantitative estimate of drug-likeness (QED) is 0.574. The van der Waals surface area contributed by atoms with Crippen molar-refractivity contribution in [2.75, 3.05) is 7.11 Å². The minimum absolute atomic E-state index is 0.329. The van der Waals surface area contributed by atoms with Crippen molar-refractivity contribution < 1.29 is 9.53 Å². The van der Waals surface area contributed by atoms with Crippen LogP contribution in [0.1, 0.15) is 19.4 Å². The number of hydrogen-bond acceptors (Lipinski definition) is 2. The van der Waals surface area contributed by atoms with Gasteiger partial charge in [-0.2, -0.15) is 0 Å². The van der Waals surface area contributed by atoms with Crippen molar-refractivity contribution in [3.63, 3.8) is 0 Å². The molecule has 0 heterocycles. The number of methoxy groups -OCH3 is 1. The zero-order valence-corrected chi connectivity index (χ0v) is 10.4. The molecule has 1 aromatic carbocycles. The number of carbonyl (C=O) groups excluding carboxylic acids is 1. The molecule has 1 aromatic rings. The maximum absolute atomic E-state index is 11.5. The fourth-order valence-corrected chi connectivity index (χ4v) is 1.20. The molecule has 17 heavy (non-hydrogen) atoms. The largest absolute Gasteiger partial charge is 0.468 e. The molecular weight excluding hydrogens is 212 g/mol. The Morgan fingerprint density at radius 1 is 1.29 bits per heavy atom. The van der Waals surface area contributed by atoms with E-state index in [1.54, 1.807) is 13.8 Å². The van der Waals surface area contributed by atoms with Crippen LogP contribution in [0.2, 0.25) is 0 Å². The second-order valence-electron chi connectivity index (χ2n) is 4.21. The van der Waals surface area contributed by atoms with Gasteiger partial charge >= 0.3 is 5.97 Å². The van der Waals surface area contributed by atoms with E-state index in [2.05, 4.69) is 18.4 Å². The van der Waals surface area contributed by atoms with E-state index in [1.165, 1.54) is 7.11 Å². The van der Waals surface area contributed by atoms with E-state index >= 15 is 0 Å². The van der Waals surface area contributed by atoms with Crippen molar-refractivity contribution in [2.45, 2.75) is 13.8 Å². The summed E-state index contributed by atoms with van der Waals surface area (Å²) in [5.41, 5.74) is 0.666. The Hall–Kier alpha value is -2.01. The molecule has 0 aliphatic carbocycles. The van der Waals surface area contributed by atoms with Crippen LogP contribution in [0.5, 0.6) is 0 Å². The van der Waals surface area contributed by atoms with Gasteiger partial charge < -0.3 is 4.74 Å². The molecule has 2 heteroatoms. The van der Waals surface area contributed by atoms with Crippen molar-refractivity contribution in [1.82, 2.24) is 0 Å². The molecule has 0 radical (unpaired) electrons. The van der Waals surface area contributed by atoms with Gasteiger partial charge in [-0.3, -0.25) is 4.79 Å². The number of hydrogen-bond donors (Lipinski definition) is 0. The lowest BCUT2D eigenvalue weighted by Crippen LogP contribution is -2.26. The standard InChI is InChI=1S/C15H16O2/c1-12(15(2,3)14(16)17-4)10-11-13-8-6-5-7-9-13/h5-9H,1H2,2-4H3. The summed E-state index contributed by atoms with van der Waals surface area (Å²) < 4.78 is 4.72. The third-order valence-electron chi connectivity index (χ3n) is 2.58. The first-order valence-electron chi connectivity index (χ1n) is 5.33. The van der Waals surface area contributed by atoms with Crippen LogP contribution in [0.3, 0.4) is 0 Å². The summed E-state index contributed by atoms with van der Waals surface area (Å²) in [7, 11) is 1.36. The topological polar surface area (TPSA) is 26.3 Å². The van der Waals surface area contributed by atoms with Gasteiger partial charge in [0.05, 0.1) is 12.5 Å². The van der Waals surface area contributed by atoms with Crippen molar-refractivity contribution in [3.8, 4) is 11.8 Å². The Morgan fingerprint density at radius 3 is 2.41 bits per heavy atom. The molecule has 0 saturated heterocycles. The van der Waals surface area contributed by atoms with Crippen LogP contribution in [0.15, 0.2) is 42.5 Å². The molecule has 0 unspecified atom stereocenters. The average Bonchev–Trinajstić information content (AvgIpc) is 2.35. The summed E-state index contributed by atoms with van der Waals surface area (Å²) in [5, 5.41) is 0. The van der Waals surface area contributed by atoms with Gasteiger partial charge in [0, 0.05) is 11.1 Å². The summed E-state index contributed by atoms with van der Waals surface area (Å²) >= 11 is 0. The number of benzene rings is 1. The summed E-state index contributed by atoms with van der Waals surface area (Å²) in [4.78, 5) is 11.5. The summed E-state index contributed by atoms with van der Waals surface area (Å²) in [5.74, 6) is 5.55. The van der Waals surface area contributed by atoms with Crippen molar-refractivity contribution in [2.24, 2.45) is 5.41 Å². The van der Waals surface area contributed by atoms with Crippen LogP contribution in [0, 0.1) is 17.3 Å². The summed E-state index contributed by atoms with van der Waals surface area (Å²) in [6.07, 6.45) is 0. The SMILES string of the molecule is C=C(C#Cc1ccccc1)C(C)(C)C(=O)OC. The maximum atomic E-state index is 11.5. The van der Waals surface area contributed by atoms with Gasteiger partial charge in [0.2, 0.25) is 0 Å². The summed E-state index contributed by atoms with van der Waals surface area (Å²) in [6.45, 7) is 7.34. The van der Waals surface area contributed by atoms with Crippen LogP contribution in [0.25, 0.3) is 0 Å². The Morgan fingerprint density at radius 2 is 1.88 bits per heavy atom. The second-order valence-corrected chi connectivity index (χ2v) is 4.21. The number of carbonyl (C=O) groups is 1. The molecule has 0 saturated carbocycles. The van der Waals surface area contributed by atoms with Gasteiger partial charge in [-0.1, -0.05) is 36.6 Å². The highest BCUT2D eigenvalue weighted by atomic mass is 16.5. The lowest BCUT2D eigenvalue weighted by atomic mass is 9.85. The molecule has 2 nitrogen and oxygen atoms in total. The second kappa shape index (κ2) is 5.36. The molecule has 0 spiro atoms. The van der Waals surface area contributed by atoms with E-state index in [9.17, 15) is 4.79 Å². The first-order chi connectivity index (χ1) is 7.98. The number of rotatable bonds is 2. The number of ether oxygens (including phenoxy) is 1. The van der Waals surface area contributed by atoms with Crippen molar-refractivity contribution in [3.05, 3.63) is 48.0 Å². The Labute approximate surface area is 102 Å². The Kier molecular flexibility index (Phi) is 4.12. The van der Waals surface area contributed by atoms with Crippen LogP contribution < -0.4 is 0 Å². The van der Waals surface area contributed by atoms with Gasteiger partial charge in [0.1, 0.15) is 0 Å². The fraction of sp³-hybridized carbons (Fsp3) is 0.267. The van der Waals surface area contributed by atoms with E-state index in [-0.39, 0.29) is 5.97 Å². The lowest BCUT2D eigenvalue weighted by molar-refractivity contribution is -0.148. The predicted molar refractivity (Wildman–Crippen MR) is 68.3 cm³/mol. The zero-order chi connectivity index (χ0) is 12.9. The van der Waals surface area contributed by atoms with Crippen LogP contribution >= 0.6 is 0 Å². The minimum atomic E-state index is -0.781. The molecule has 0 bridgehead atoms. The molecule has 0 fully saturated rings. The molecule has 0 atom stereocenters. The minimum Gasteiger partial charge on any atom is -0.468 e. The molecule has 0 N–H and O–H groups in total. The van der Waals surface area contributed by atoms with Crippen LogP contribution in [0.4, 0.5) is 0 Å². The normalized spacial score (nSPS) is 10.1. The molecule has 0 aliphatic rings. The molecule has 0 aromatic heterocycles.